The summed E-state index contributed by atoms with van der Waals surface area (Å²) < 4.78 is 31.2. The number of hydrogen-bond donors (Lipinski definition) is 1. The van der Waals surface area contributed by atoms with Gasteiger partial charge in [0.15, 0.2) is 11.5 Å². The summed E-state index contributed by atoms with van der Waals surface area (Å²) in [5.74, 6) is -1.47. The summed E-state index contributed by atoms with van der Waals surface area (Å²) >= 11 is 11.8. The van der Waals surface area contributed by atoms with Crippen LogP contribution in [0.15, 0.2) is 30.6 Å². The minimum atomic E-state index is -3.89. The Balaban J connectivity index is 2.29. The summed E-state index contributed by atoms with van der Waals surface area (Å²) in [6, 6.07) is 4.66. The number of nitrogens with one attached hydrogen (secondary N) is 1. The minimum Gasteiger partial charge on any atom is -0.464 e. The molecule has 0 radical (unpaired) electrons. The van der Waals surface area contributed by atoms with Crippen molar-refractivity contribution in [1.29, 1.82) is 0 Å². The number of methoxy groups -OCH3 is 1. The molecule has 122 valence electrons. The van der Waals surface area contributed by atoms with E-state index >= 15 is 0 Å². The van der Waals surface area contributed by atoms with Gasteiger partial charge in [-0.25, -0.2) is 23.2 Å². The van der Waals surface area contributed by atoms with E-state index in [4.69, 9.17) is 23.2 Å². The van der Waals surface area contributed by atoms with Crippen molar-refractivity contribution in [2.45, 2.75) is 5.75 Å². The first-order chi connectivity index (χ1) is 10.8. The molecule has 1 N–H and O–H groups in total. The lowest BCUT2D eigenvalue weighted by Crippen LogP contribution is -2.19. The van der Waals surface area contributed by atoms with E-state index in [9.17, 15) is 13.2 Å². The van der Waals surface area contributed by atoms with E-state index in [-0.39, 0.29) is 21.6 Å². The Bertz CT molecular complexity index is 843. The molecule has 0 saturated heterocycles. The van der Waals surface area contributed by atoms with Gasteiger partial charge in [-0.1, -0.05) is 35.3 Å². The fourth-order valence-corrected chi connectivity index (χ4v) is 3.34. The Kier molecular flexibility index (Phi) is 5.40. The van der Waals surface area contributed by atoms with Gasteiger partial charge >= 0.3 is 5.97 Å². The van der Waals surface area contributed by atoms with Crippen LogP contribution in [0.5, 0.6) is 0 Å². The average molecular weight is 376 g/mol. The van der Waals surface area contributed by atoms with E-state index in [2.05, 4.69) is 19.4 Å². The third-order valence-corrected chi connectivity index (χ3v) is 4.76. The van der Waals surface area contributed by atoms with Crippen LogP contribution in [0, 0.1) is 0 Å². The second kappa shape index (κ2) is 7.12. The van der Waals surface area contributed by atoms with Gasteiger partial charge in [0.2, 0.25) is 10.0 Å². The molecule has 0 fully saturated rings. The first-order valence-electron chi connectivity index (χ1n) is 6.17. The molecule has 10 heteroatoms. The Hall–Kier alpha value is -1.90. The minimum absolute atomic E-state index is 0.145. The predicted molar refractivity (Wildman–Crippen MR) is 86.1 cm³/mol. The van der Waals surface area contributed by atoms with E-state index < -0.39 is 21.7 Å². The highest BCUT2D eigenvalue weighted by Crippen LogP contribution is 2.27. The number of carbonyl (C=O) groups excluding carboxylic acids is 1. The van der Waals surface area contributed by atoms with Crippen LogP contribution in [0.2, 0.25) is 10.0 Å². The summed E-state index contributed by atoms with van der Waals surface area (Å²) in [6.45, 7) is 0. The average Bonchev–Trinajstić information content (AvgIpc) is 2.51. The normalized spacial score (nSPS) is 11.1. The van der Waals surface area contributed by atoms with Crippen molar-refractivity contribution < 1.29 is 17.9 Å². The molecule has 0 spiro atoms. The molecule has 7 nitrogen and oxygen atoms in total. The molecule has 0 atom stereocenters. The van der Waals surface area contributed by atoms with Crippen LogP contribution in [0.4, 0.5) is 5.82 Å². The van der Waals surface area contributed by atoms with Gasteiger partial charge in [-0.3, -0.25) is 4.72 Å². The monoisotopic (exact) mass is 375 g/mol. The second-order valence-corrected chi connectivity index (χ2v) is 6.83. The lowest BCUT2D eigenvalue weighted by atomic mass is 10.2. The third-order valence-electron chi connectivity index (χ3n) is 2.71. The van der Waals surface area contributed by atoms with E-state index in [0.29, 0.717) is 5.56 Å². The maximum absolute atomic E-state index is 12.3. The first-order valence-corrected chi connectivity index (χ1v) is 8.57. The molecule has 2 aromatic rings. The molecular weight excluding hydrogens is 365 g/mol. The molecular formula is C13H11Cl2N3O4S. The molecule has 0 aliphatic rings. The second-order valence-electron chi connectivity index (χ2n) is 4.32. The van der Waals surface area contributed by atoms with Gasteiger partial charge < -0.3 is 4.74 Å². The van der Waals surface area contributed by atoms with Crippen LogP contribution >= 0.6 is 23.2 Å². The van der Waals surface area contributed by atoms with Crippen molar-refractivity contribution in [3.05, 3.63) is 51.9 Å². The van der Waals surface area contributed by atoms with Crippen molar-refractivity contribution in [3.8, 4) is 0 Å². The SMILES string of the molecule is COC(=O)c1nccnc1NS(=O)(=O)Cc1cccc(Cl)c1Cl. The van der Waals surface area contributed by atoms with Crippen LogP contribution < -0.4 is 4.72 Å². The standard InChI is InChI=1S/C13H11Cl2N3O4S/c1-22-13(19)11-12(17-6-5-16-11)18-23(20,21)7-8-3-2-4-9(14)10(8)15/h2-6H,7H2,1H3,(H,17,18). The quantitative estimate of drug-likeness (QED) is 0.806. The van der Waals surface area contributed by atoms with E-state index in [0.717, 1.165) is 7.11 Å². The van der Waals surface area contributed by atoms with Gasteiger partial charge in [0.05, 0.1) is 22.9 Å². The summed E-state index contributed by atoms with van der Waals surface area (Å²) in [6.07, 6.45) is 2.49. The summed E-state index contributed by atoms with van der Waals surface area (Å²) in [4.78, 5) is 19.1. The van der Waals surface area contributed by atoms with Gasteiger partial charge in [-0.05, 0) is 11.6 Å². The van der Waals surface area contributed by atoms with E-state index in [1.807, 2.05) is 0 Å². The number of ether oxygens (including phenoxy) is 1. The van der Waals surface area contributed by atoms with Crippen molar-refractivity contribution in [1.82, 2.24) is 9.97 Å². The zero-order valence-corrected chi connectivity index (χ0v) is 14.1. The van der Waals surface area contributed by atoms with Crippen molar-refractivity contribution in [2.24, 2.45) is 0 Å². The number of benzene rings is 1. The van der Waals surface area contributed by atoms with E-state index in [1.54, 1.807) is 12.1 Å². The van der Waals surface area contributed by atoms with Crippen LogP contribution in [-0.2, 0) is 20.5 Å². The topological polar surface area (TPSA) is 98.2 Å². The molecule has 0 bridgehead atoms. The molecule has 0 unspecified atom stereocenters. The number of halogens is 2. The lowest BCUT2D eigenvalue weighted by molar-refractivity contribution is 0.0595. The van der Waals surface area contributed by atoms with Crippen molar-refractivity contribution in [2.75, 3.05) is 11.8 Å². The Morgan fingerprint density at radius 1 is 1.26 bits per heavy atom. The number of sulfonamides is 1. The third kappa shape index (κ3) is 4.31. The zero-order chi connectivity index (χ0) is 17.0. The highest BCUT2D eigenvalue weighted by molar-refractivity contribution is 7.91. The lowest BCUT2D eigenvalue weighted by Gasteiger charge is -2.10. The molecule has 0 aliphatic carbocycles. The van der Waals surface area contributed by atoms with Gasteiger partial charge in [0.25, 0.3) is 0 Å². The fourth-order valence-electron chi connectivity index (χ4n) is 1.71. The fraction of sp³-hybridized carbons (Fsp3) is 0.154. The number of esters is 1. The highest BCUT2D eigenvalue weighted by Gasteiger charge is 2.21. The van der Waals surface area contributed by atoms with Crippen LogP contribution in [0.1, 0.15) is 16.1 Å². The Morgan fingerprint density at radius 3 is 2.65 bits per heavy atom. The van der Waals surface area contributed by atoms with Crippen molar-refractivity contribution >= 4 is 45.0 Å². The number of hydrogen-bond acceptors (Lipinski definition) is 6. The number of anilines is 1. The molecule has 1 heterocycles. The van der Waals surface area contributed by atoms with Crippen LogP contribution in [-0.4, -0.2) is 31.5 Å². The summed E-state index contributed by atoms with van der Waals surface area (Å²) in [5.41, 5.74) is 0.0749. The predicted octanol–water partition coefficient (Wildman–Crippen LogP) is 2.51. The number of aromatic nitrogens is 2. The van der Waals surface area contributed by atoms with Gasteiger partial charge in [0.1, 0.15) is 0 Å². The van der Waals surface area contributed by atoms with E-state index in [1.165, 1.54) is 18.5 Å². The molecule has 0 saturated carbocycles. The largest absolute Gasteiger partial charge is 0.464 e. The molecule has 0 amide bonds. The van der Waals surface area contributed by atoms with Gasteiger partial charge in [-0.15, -0.1) is 0 Å². The number of carbonyl (C=O) groups is 1. The van der Waals surface area contributed by atoms with Gasteiger partial charge in [-0.2, -0.15) is 0 Å². The van der Waals surface area contributed by atoms with Crippen LogP contribution in [0.25, 0.3) is 0 Å². The summed E-state index contributed by atoms with van der Waals surface area (Å²) in [5, 5.41) is 0.390. The molecule has 23 heavy (non-hydrogen) atoms. The summed E-state index contributed by atoms with van der Waals surface area (Å²) in [7, 11) is -2.74. The smallest absolute Gasteiger partial charge is 0.360 e. The van der Waals surface area contributed by atoms with Crippen LogP contribution in [0.3, 0.4) is 0 Å². The Labute approximate surface area is 142 Å². The highest BCUT2D eigenvalue weighted by atomic mass is 35.5. The molecule has 0 aliphatic heterocycles. The maximum Gasteiger partial charge on any atom is 0.360 e. The number of rotatable bonds is 5. The number of nitrogens with zero attached hydrogens (tertiary/aromatic N) is 2. The van der Waals surface area contributed by atoms with Crippen molar-refractivity contribution in [3.63, 3.8) is 0 Å². The molecule has 1 aromatic heterocycles. The maximum atomic E-state index is 12.3. The Morgan fingerprint density at radius 2 is 1.96 bits per heavy atom. The van der Waals surface area contributed by atoms with Gasteiger partial charge in [0, 0.05) is 12.4 Å². The zero-order valence-electron chi connectivity index (χ0n) is 11.8. The first kappa shape index (κ1) is 17.5. The molecule has 2 rings (SSSR count). The molecule has 1 aromatic carbocycles.